The summed E-state index contributed by atoms with van der Waals surface area (Å²) >= 11 is 12.1. The van der Waals surface area contributed by atoms with Crippen LogP contribution in [-0.2, 0) is 4.79 Å². The smallest absolute Gasteiger partial charge is 0.271 e. The van der Waals surface area contributed by atoms with Crippen LogP contribution in [0.4, 0.5) is 11.4 Å². The van der Waals surface area contributed by atoms with E-state index in [0.717, 1.165) is 6.07 Å². The number of carbonyl (C=O) groups excluding carboxylic acids is 2. The number of nitro groups is 1. The highest BCUT2D eigenvalue weighted by molar-refractivity contribution is 6.34. The number of hydrogen-bond donors (Lipinski definition) is 3. The van der Waals surface area contributed by atoms with Gasteiger partial charge in [0.25, 0.3) is 11.6 Å². The van der Waals surface area contributed by atoms with Crippen LogP contribution in [0.1, 0.15) is 30.6 Å². The van der Waals surface area contributed by atoms with Crippen molar-refractivity contribution in [1.82, 2.24) is 5.32 Å². The average Bonchev–Trinajstić information content (AvgIpc) is 2.73. The van der Waals surface area contributed by atoms with Crippen LogP contribution in [0.5, 0.6) is 5.75 Å². The van der Waals surface area contributed by atoms with Gasteiger partial charge >= 0.3 is 0 Å². The average molecular weight is 483 g/mol. The highest BCUT2D eigenvalue weighted by Crippen LogP contribution is 2.27. The number of amides is 2. The van der Waals surface area contributed by atoms with Gasteiger partial charge in [-0.15, -0.1) is 0 Å². The first-order chi connectivity index (χ1) is 15.1. The van der Waals surface area contributed by atoms with E-state index in [2.05, 4.69) is 10.6 Å². The zero-order valence-corrected chi connectivity index (χ0v) is 19.1. The molecular formula is C21H24Cl2N4O5. The van der Waals surface area contributed by atoms with Crippen LogP contribution in [0.2, 0.25) is 10.0 Å². The number of benzene rings is 2. The molecule has 0 heterocycles. The zero-order chi connectivity index (χ0) is 23.8. The Bertz CT molecular complexity index is 1000. The van der Waals surface area contributed by atoms with Crippen molar-refractivity contribution in [1.29, 1.82) is 0 Å². The van der Waals surface area contributed by atoms with Crippen LogP contribution in [0.3, 0.4) is 0 Å². The van der Waals surface area contributed by atoms with Crippen molar-refractivity contribution in [3.05, 3.63) is 62.1 Å². The predicted octanol–water partition coefficient (Wildman–Crippen LogP) is 4.02. The van der Waals surface area contributed by atoms with Crippen molar-refractivity contribution in [2.24, 2.45) is 11.7 Å². The Morgan fingerprint density at radius 3 is 2.50 bits per heavy atom. The SMILES string of the molecule is CC(C)[C@H](NC(=O)c1cc(Cl)ccc1OCCCN)C(=O)Nc1ccc([N+](=O)[O-])cc1Cl. The number of ether oxygens (including phenoxy) is 1. The second-order valence-electron chi connectivity index (χ2n) is 7.24. The molecule has 2 aromatic carbocycles. The zero-order valence-electron chi connectivity index (χ0n) is 17.6. The molecule has 1 atom stereocenters. The molecule has 0 bridgehead atoms. The molecule has 0 fully saturated rings. The Hall–Kier alpha value is -2.88. The van der Waals surface area contributed by atoms with Gasteiger partial charge in [0, 0.05) is 17.2 Å². The van der Waals surface area contributed by atoms with Gasteiger partial charge in [0.1, 0.15) is 11.8 Å². The van der Waals surface area contributed by atoms with E-state index >= 15 is 0 Å². The van der Waals surface area contributed by atoms with Crippen LogP contribution in [0.25, 0.3) is 0 Å². The number of carbonyl (C=O) groups is 2. The molecule has 0 spiro atoms. The number of halogens is 2. The predicted molar refractivity (Wildman–Crippen MR) is 123 cm³/mol. The summed E-state index contributed by atoms with van der Waals surface area (Å²) in [6.07, 6.45) is 0.608. The molecule has 0 saturated heterocycles. The summed E-state index contributed by atoms with van der Waals surface area (Å²) in [5.41, 5.74) is 5.64. The summed E-state index contributed by atoms with van der Waals surface area (Å²) < 4.78 is 5.63. The van der Waals surface area contributed by atoms with Gasteiger partial charge in [0.15, 0.2) is 0 Å². The van der Waals surface area contributed by atoms with E-state index in [-0.39, 0.29) is 27.9 Å². The quantitative estimate of drug-likeness (QED) is 0.265. The highest BCUT2D eigenvalue weighted by atomic mass is 35.5. The molecule has 32 heavy (non-hydrogen) atoms. The third-order valence-corrected chi connectivity index (χ3v) is 5.00. The maximum atomic E-state index is 13.0. The fraction of sp³-hybridized carbons (Fsp3) is 0.333. The number of nitrogens with two attached hydrogens (primary N) is 1. The Morgan fingerprint density at radius 2 is 1.91 bits per heavy atom. The molecule has 0 aliphatic heterocycles. The van der Waals surface area contributed by atoms with Crippen molar-refractivity contribution in [3.63, 3.8) is 0 Å². The summed E-state index contributed by atoms with van der Waals surface area (Å²) in [7, 11) is 0. The molecule has 172 valence electrons. The summed E-state index contributed by atoms with van der Waals surface area (Å²) in [6.45, 7) is 4.29. The van der Waals surface area contributed by atoms with Crippen LogP contribution in [0.15, 0.2) is 36.4 Å². The second kappa shape index (κ2) is 11.7. The Balaban J connectivity index is 2.20. The topological polar surface area (TPSA) is 137 Å². The molecule has 2 rings (SSSR count). The van der Waals surface area contributed by atoms with Gasteiger partial charge in [-0.2, -0.15) is 0 Å². The molecule has 0 aromatic heterocycles. The number of rotatable bonds is 10. The fourth-order valence-corrected chi connectivity index (χ4v) is 3.15. The first-order valence-electron chi connectivity index (χ1n) is 9.82. The lowest BCUT2D eigenvalue weighted by molar-refractivity contribution is -0.384. The molecule has 0 radical (unpaired) electrons. The number of nitrogens with one attached hydrogen (secondary N) is 2. The molecule has 9 nitrogen and oxygen atoms in total. The first kappa shape index (κ1) is 25.4. The van der Waals surface area contributed by atoms with Crippen molar-refractivity contribution < 1.29 is 19.2 Å². The van der Waals surface area contributed by atoms with E-state index < -0.39 is 22.8 Å². The summed E-state index contributed by atoms with van der Waals surface area (Å²) in [6, 6.07) is 7.39. The Morgan fingerprint density at radius 1 is 1.19 bits per heavy atom. The summed E-state index contributed by atoms with van der Waals surface area (Å²) in [5.74, 6) is -1.03. The minimum absolute atomic E-state index is 0.00631. The molecule has 0 aliphatic carbocycles. The minimum Gasteiger partial charge on any atom is -0.493 e. The van der Waals surface area contributed by atoms with Gasteiger partial charge in [0.2, 0.25) is 5.91 Å². The van der Waals surface area contributed by atoms with Crippen molar-refractivity contribution in [2.45, 2.75) is 26.3 Å². The van der Waals surface area contributed by atoms with Gasteiger partial charge in [-0.3, -0.25) is 19.7 Å². The van der Waals surface area contributed by atoms with Crippen LogP contribution in [-0.4, -0.2) is 35.9 Å². The standard InChI is InChI=1S/C21H24Cl2N4O5/c1-12(2)19(21(29)25-17-6-5-14(27(30)31)11-16(17)23)26-20(28)15-10-13(22)4-7-18(15)32-9-3-8-24/h4-7,10-12,19H,3,8-9,24H2,1-2H3,(H,25,29)(H,26,28)/t19-/m0/s1. The van der Waals surface area contributed by atoms with E-state index in [1.165, 1.54) is 18.2 Å². The minimum atomic E-state index is -0.926. The maximum Gasteiger partial charge on any atom is 0.271 e. The lowest BCUT2D eigenvalue weighted by Crippen LogP contribution is -2.47. The number of nitro benzene ring substituents is 1. The van der Waals surface area contributed by atoms with Crippen molar-refractivity contribution in [3.8, 4) is 5.75 Å². The van der Waals surface area contributed by atoms with E-state index in [1.807, 2.05) is 0 Å². The number of non-ortho nitro benzene ring substituents is 1. The van der Waals surface area contributed by atoms with Gasteiger partial charge in [-0.05, 0) is 43.1 Å². The van der Waals surface area contributed by atoms with E-state index in [1.54, 1.807) is 26.0 Å². The molecule has 2 aromatic rings. The highest BCUT2D eigenvalue weighted by Gasteiger charge is 2.27. The molecule has 0 aliphatic rings. The number of anilines is 1. The fourth-order valence-electron chi connectivity index (χ4n) is 2.75. The maximum absolute atomic E-state index is 13.0. The van der Waals surface area contributed by atoms with E-state index in [0.29, 0.717) is 30.3 Å². The molecule has 2 amide bonds. The molecule has 0 saturated carbocycles. The van der Waals surface area contributed by atoms with Crippen molar-refractivity contribution in [2.75, 3.05) is 18.5 Å². The third kappa shape index (κ3) is 6.81. The molecule has 0 unspecified atom stereocenters. The van der Waals surface area contributed by atoms with Gasteiger partial charge in [0.05, 0.1) is 27.8 Å². The normalized spacial score (nSPS) is 11.7. The second-order valence-corrected chi connectivity index (χ2v) is 8.08. The largest absolute Gasteiger partial charge is 0.493 e. The molecular weight excluding hydrogens is 459 g/mol. The lowest BCUT2D eigenvalue weighted by atomic mass is 10.0. The van der Waals surface area contributed by atoms with Gasteiger partial charge < -0.3 is 21.1 Å². The van der Waals surface area contributed by atoms with Crippen LogP contribution in [0, 0.1) is 16.0 Å². The van der Waals surface area contributed by atoms with E-state index in [9.17, 15) is 19.7 Å². The first-order valence-corrected chi connectivity index (χ1v) is 10.6. The summed E-state index contributed by atoms with van der Waals surface area (Å²) in [5, 5.41) is 16.5. The lowest BCUT2D eigenvalue weighted by Gasteiger charge is -2.22. The van der Waals surface area contributed by atoms with Crippen molar-refractivity contribution >= 4 is 46.4 Å². The molecule has 4 N–H and O–H groups in total. The number of hydrogen-bond acceptors (Lipinski definition) is 6. The Labute approximate surface area is 195 Å². The van der Waals surface area contributed by atoms with Gasteiger partial charge in [-0.25, -0.2) is 0 Å². The van der Waals surface area contributed by atoms with Gasteiger partial charge in [-0.1, -0.05) is 37.0 Å². The monoisotopic (exact) mass is 482 g/mol. The third-order valence-electron chi connectivity index (χ3n) is 4.45. The van der Waals surface area contributed by atoms with Crippen LogP contribution >= 0.6 is 23.2 Å². The Kier molecular flexibility index (Phi) is 9.25. The van der Waals surface area contributed by atoms with E-state index in [4.69, 9.17) is 33.7 Å². The summed E-state index contributed by atoms with van der Waals surface area (Å²) in [4.78, 5) is 36.1. The number of nitrogens with zero attached hydrogens (tertiary/aromatic N) is 1. The molecule has 11 heteroatoms. The van der Waals surface area contributed by atoms with Crippen LogP contribution < -0.4 is 21.1 Å².